The van der Waals surface area contributed by atoms with Crippen molar-refractivity contribution in [3.63, 3.8) is 0 Å². The van der Waals surface area contributed by atoms with Crippen LogP contribution < -0.4 is 10.5 Å². The fourth-order valence-electron chi connectivity index (χ4n) is 1.53. The first-order chi connectivity index (χ1) is 7.81. The molecule has 3 heteroatoms. The SMILES string of the molecule is CCOc1ccc(-c2ncccc2N)cc1. The average molecular weight is 214 g/mol. The molecule has 16 heavy (non-hydrogen) atoms. The van der Waals surface area contributed by atoms with Gasteiger partial charge in [0.25, 0.3) is 0 Å². The summed E-state index contributed by atoms with van der Waals surface area (Å²) in [6, 6.07) is 11.4. The highest BCUT2D eigenvalue weighted by Gasteiger charge is 2.02. The summed E-state index contributed by atoms with van der Waals surface area (Å²) in [6.07, 6.45) is 1.74. The van der Waals surface area contributed by atoms with Crippen molar-refractivity contribution in [2.75, 3.05) is 12.3 Å². The number of pyridine rings is 1. The van der Waals surface area contributed by atoms with Crippen molar-refractivity contribution in [1.82, 2.24) is 4.98 Å². The normalized spacial score (nSPS) is 10.1. The zero-order valence-corrected chi connectivity index (χ0v) is 9.18. The van der Waals surface area contributed by atoms with Crippen LogP contribution in [0.5, 0.6) is 5.75 Å². The summed E-state index contributed by atoms with van der Waals surface area (Å²) < 4.78 is 5.38. The molecule has 82 valence electrons. The van der Waals surface area contributed by atoms with E-state index >= 15 is 0 Å². The maximum absolute atomic E-state index is 5.86. The van der Waals surface area contributed by atoms with Crippen LogP contribution >= 0.6 is 0 Å². The van der Waals surface area contributed by atoms with Gasteiger partial charge in [0.15, 0.2) is 0 Å². The predicted octanol–water partition coefficient (Wildman–Crippen LogP) is 2.73. The number of rotatable bonds is 3. The molecule has 0 saturated carbocycles. The molecule has 0 bridgehead atoms. The topological polar surface area (TPSA) is 48.1 Å². The molecule has 1 aromatic heterocycles. The molecule has 0 amide bonds. The summed E-state index contributed by atoms with van der Waals surface area (Å²) in [4.78, 5) is 4.26. The molecule has 0 aliphatic rings. The van der Waals surface area contributed by atoms with Gasteiger partial charge in [-0.3, -0.25) is 4.98 Å². The summed E-state index contributed by atoms with van der Waals surface area (Å²) in [5, 5.41) is 0. The number of anilines is 1. The van der Waals surface area contributed by atoms with Gasteiger partial charge in [-0.1, -0.05) is 0 Å². The lowest BCUT2D eigenvalue weighted by Gasteiger charge is -2.06. The average Bonchev–Trinajstić information content (AvgIpc) is 2.31. The van der Waals surface area contributed by atoms with Gasteiger partial charge < -0.3 is 10.5 Å². The van der Waals surface area contributed by atoms with Gasteiger partial charge in [-0.15, -0.1) is 0 Å². The number of hydrogen-bond donors (Lipinski definition) is 1. The van der Waals surface area contributed by atoms with E-state index in [9.17, 15) is 0 Å². The molecule has 0 fully saturated rings. The minimum absolute atomic E-state index is 0.672. The van der Waals surface area contributed by atoms with Gasteiger partial charge in [0.1, 0.15) is 5.75 Å². The molecular weight excluding hydrogens is 200 g/mol. The first kappa shape index (κ1) is 10.5. The third-order valence-electron chi connectivity index (χ3n) is 2.28. The Labute approximate surface area is 94.9 Å². The zero-order valence-electron chi connectivity index (χ0n) is 9.18. The van der Waals surface area contributed by atoms with Crippen molar-refractivity contribution in [1.29, 1.82) is 0 Å². The molecule has 2 rings (SSSR count). The van der Waals surface area contributed by atoms with Crippen molar-refractivity contribution in [3.8, 4) is 17.0 Å². The van der Waals surface area contributed by atoms with Crippen molar-refractivity contribution in [2.24, 2.45) is 0 Å². The van der Waals surface area contributed by atoms with Crippen molar-refractivity contribution in [3.05, 3.63) is 42.6 Å². The lowest BCUT2D eigenvalue weighted by Crippen LogP contribution is -1.93. The maximum atomic E-state index is 5.86. The second-order valence-corrected chi connectivity index (χ2v) is 3.40. The van der Waals surface area contributed by atoms with E-state index in [0.717, 1.165) is 17.0 Å². The van der Waals surface area contributed by atoms with E-state index in [2.05, 4.69) is 4.98 Å². The molecule has 3 nitrogen and oxygen atoms in total. The highest BCUT2D eigenvalue weighted by molar-refractivity contribution is 5.72. The fourth-order valence-corrected chi connectivity index (χ4v) is 1.53. The van der Waals surface area contributed by atoms with Crippen LogP contribution in [0, 0.1) is 0 Å². The Balaban J connectivity index is 2.31. The van der Waals surface area contributed by atoms with E-state index in [-0.39, 0.29) is 0 Å². The van der Waals surface area contributed by atoms with Crippen molar-refractivity contribution in [2.45, 2.75) is 6.92 Å². The molecule has 2 aromatic rings. The van der Waals surface area contributed by atoms with Crippen molar-refractivity contribution >= 4 is 5.69 Å². The molecule has 0 saturated heterocycles. The third kappa shape index (κ3) is 2.14. The Morgan fingerprint density at radius 3 is 2.56 bits per heavy atom. The van der Waals surface area contributed by atoms with Crippen molar-refractivity contribution < 1.29 is 4.74 Å². The van der Waals surface area contributed by atoms with E-state index in [0.29, 0.717) is 12.3 Å². The lowest BCUT2D eigenvalue weighted by atomic mass is 10.1. The first-order valence-corrected chi connectivity index (χ1v) is 5.25. The smallest absolute Gasteiger partial charge is 0.119 e. The van der Waals surface area contributed by atoms with E-state index in [1.54, 1.807) is 6.20 Å². The molecular formula is C13H14N2O. The van der Waals surface area contributed by atoms with Crippen LogP contribution in [-0.4, -0.2) is 11.6 Å². The molecule has 1 heterocycles. The Kier molecular flexibility index (Phi) is 3.05. The summed E-state index contributed by atoms with van der Waals surface area (Å²) in [5.74, 6) is 0.862. The van der Waals surface area contributed by atoms with Gasteiger partial charge in [0.05, 0.1) is 18.0 Å². The van der Waals surface area contributed by atoms with E-state index in [1.807, 2.05) is 43.3 Å². The fraction of sp³-hybridized carbons (Fsp3) is 0.154. The van der Waals surface area contributed by atoms with Gasteiger partial charge in [0, 0.05) is 11.8 Å². The number of nitrogen functional groups attached to an aromatic ring is 1. The number of nitrogens with two attached hydrogens (primary N) is 1. The number of ether oxygens (including phenoxy) is 1. The quantitative estimate of drug-likeness (QED) is 0.854. The molecule has 0 spiro atoms. The highest BCUT2D eigenvalue weighted by atomic mass is 16.5. The number of hydrogen-bond acceptors (Lipinski definition) is 3. The lowest BCUT2D eigenvalue weighted by molar-refractivity contribution is 0.340. The number of aromatic nitrogens is 1. The van der Waals surface area contributed by atoms with Gasteiger partial charge in [-0.2, -0.15) is 0 Å². The second kappa shape index (κ2) is 4.66. The molecule has 0 aliphatic heterocycles. The molecule has 0 unspecified atom stereocenters. The largest absolute Gasteiger partial charge is 0.494 e. The maximum Gasteiger partial charge on any atom is 0.119 e. The summed E-state index contributed by atoms with van der Waals surface area (Å²) in [6.45, 7) is 2.63. The summed E-state index contributed by atoms with van der Waals surface area (Å²) in [7, 11) is 0. The van der Waals surface area contributed by atoms with Crippen LogP contribution in [0.3, 0.4) is 0 Å². The van der Waals surface area contributed by atoms with Crippen LogP contribution in [0.25, 0.3) is 11.3 Å². The van der Waals surface area contributed by atoms with E-state index in [1.165, 1.54) is 0 Å². The van der Waals surface area contributed by atoms with Gasteiger partial charge >= 0.3 is 0 Å². The third-order valence-corrected chi connectivity index (χ3v) is 2.28. The summed E-state index contributed by atoms with van der Waals surface area (Å²) >= 11 is 0. The Bertz CT molecular complexity index is 466. The van der Waals surface area contributed by atoms with Gasteiger partial charge in [-0.05, 0) is 43.3 Å². The van der Waals surface area contributed by atoms with Crippen LogP contribution in [0.4, 0.5) is 5.69 Å². The monoisotopic (exact) mass is 214 g/mol. The minimum Gasteiger partial charge on any atom is -0.494 e. The highest BCUT2D eigenvalue weighted by Crippen LogP contribution is 2.24. The van der Waals surface area contributed by atoms with E-state index in [4.69, 9.17) is 10.5 Å². The Morgan fingerprint density at radius 2 is 1.94 bits per heavy atom. The van der Waals surface area contributed by atoms with Crippen LogP contribution in [0.2, 0.25) is 0 Å². The molecule has 1 aromatic carbocycles. The second-order valence-electron chi connectivity index (χ2n) is 3.40. The number of benzene rings is 1. The van der Waals surface area contributed by atoms with Gasteiger partial charge in [0.2, 0.25) is 0 Å². The Morgan fingerprint density at radius 1 is 1.19 bits per heavy atom. The van der Waals surface area contributed by atoms with Gasteiger partial charge in [-0.25, -0.2) is 0 Å². The molecule has 0 radical (unpaired) electrons. The summed E-state index contributed by atoms with van der Waals surface area (Å²) in [5.41, 5.74) is 8.35. The standard InChI is InChI=1S/C13H14N2O/c1-2-16-11-7-5-10(6-8-11)13-12(14)4-3-9-15-13/h3-9H,2,14H2,1H3. The van der Waals surface area contributed by atoms with E-state index < -0.39 is 0 Å². The molecule has 0 aliphatic carbocycles. The Hall–Kier alpha value is -2.03. The molecule has 2 N–H and O–H groups in total. The van der Waals surface area contributed by atoms with Crippen LogP contribution in [-0.2, 0) is 0 Å². The first-order valence-electron chi connectivity index (χ1n) is 5.25. The van der Waals surface area contributed by atoms with Crippen LogP contribution in [0.15, 0.2) is 42.6 Å². The minimum atomic E-state index is 0.672. The number of nitrogens with zero attached hydrogens (tertiary/aromatic N) is 1. The zero-order chi connectivity index (χ0) is 11.4. The van der Waals surface area contributed by atoms with Crippen LogP contribution in [0.1, 0.15) is 6.92 Å². The molecule has 0 atom stereocenters. The predicted molar refractivity (Wildman–Crippen MR) is 65.3 cm³/mol.